The van der Waals surface area contributed by atoms with Crippen LogP contribution in [-0.2, 0) is 0 Å². The van der Waals surface area contributed by atoms with E-state index in [1.165, 1.54) is 58.2 Å². The second kappa shape index (κ2) is 5.27. The van der Waals surface area contributed by atoms with Crippen LogP contribution >= 0.6 is 0 Å². The van der Waals surface area contributed by atoms with Crippen LogP contribution in [0, 0.1) is 17.8 Å². The first-order valence-electron chi connectivity index (χ1n) is 7.81. The van der Waals surface area contributed by atoms with Gasteiger partial charge in [0.2, 0.25) is 0 Å². The second-order valence-electron chi connectivity index (χ2n) is 6.61. The highest BCUT2D eigenvalue weighted by molar-refractivity contribution is 4.90. The molecule has 2 nitrogen and oxygen atoms in total. The van der Waals surface area contributed by atoms with Crippen LogP contribution in [0.15, 0.2) is 0 Å². The van der Waals surface area contributed by atoms with Crippen molar-refractivity contribution in [2.45, 2.75) is 51.5 Å². The number of hydrogen-bond acceptors (Lipinski definition) is 2. The molecule has 0 aliphatic heterocycles. The average Bonchev–Trinajstić information content (AvgIpc) is 3.11. The van der Waals surface area contributed by atoms with Gasteiger partial charge in [0.25, 0.3) is 0 Å². The number of likely N-dealkylation sites (N-methyl/N-ethyl adjacent to an activating group) is 1. The van der Waals surface area contributed by atoms with Crippen molar-refractivity contribution in [3.05, 3.63) is 0 Å². The molecule has 0 bridgehead atoms. The molecule has 1 unspecified atom stereocenters. The predicted octanol–water partition coefficient (Wildman–Crippen LogP) is 2.50. The Kier molecular flexibility index (Phi) is 3.72. The Bertz CT molecular complexity index is 227. The minimum Gasteiger partial charge on any atom is -0.313 e. The van der Waals surface area contributed by atoms with E-state index in [0.717, 1.165) is 30.3 Å². The van der Waals surface area contributed by atoms with Gasteiger partial charge in [0.15, 0.2) is 0 Å². The van der Waals surface area contributed by atoms with Crippen LogP contribution in [0.2, 0.25) is 0 Å². The third kappa shape index (κ3) is 3.96. The van der Waals surface area contributed by atoms with Gasteiger partial charge in [0.1, 0.15) is 0 Å². The lowest BCUT2D eigenvalue weighted by molar-refractivity contribution is 0.216. The monoisotopic (exact) mass is 236 g/mol. The van der Waals surface area contributed by atoms with E-state index in [1.54, 1.807) is 0 Å². The minimum absolute atomic E-state index is 0.789. The molecular weight excluding hydrogens is 208 g/mol. The van der Waals surface area contributed by atoms with Crippen LogP contribution in [0.3, 0.4) is 0 Å². The molecule has 1 N–H and O–H groups in total. The molecule has 3 aliphatic carbocycles. The molecule has 0 saturated heterocycles. The summed E-state index contributed by atoms with van der Waals surface area (Å²) in [7, 11) is 0. The molecule has 0 amide bonds. The van der Waals surface area contributed by atoms with E-state index in [-0.39, 0.29) is 0 Å². The van der Waals surface area contributed by atoms with E-state index >= 15 is 0 Å². The first kappa shape index (κ1) is 12.0. The number of rotatable bonds is 9. The molecular formula is C15H28N2. The molecule has 1 atom stereocenters. The SMILES string of the molecule is CCNC(CN(CC1CC1)CC1CC1)C1CC1. The lowest BCUT2D eigenvalue weighted by Crippen LogP contribution is -2.44. The van der Waals surface area contributed by atoms with Gasteiger partial charge in [0, 0.05) is 25.7 Å². The summed E-state index contributed by atoms with van der Waals surface area (Å²) in [6.45, 7) is 7.51. The molecule has 0 aromatic heterocycles. The largest absolute Gasteiger partial charge is 0.313 e. The Labute approximate surface area is 106 Å². The van der Waals surface area contributed by atoms with E-state index in [9.17, 15) is 0 Å². The van der Waals surface area contributed by atoms with E-state index < -0.39 is 0 Å². The Hall–Kier alpha value is -0.0800. The predicted molar refractivity (Wildman–Crippen MR) is 72.1 cm³/mol. The van der Waals surface area contributed by atoms with Crippen LogP contribution in [0.25, 0.3) is 0 Å². The topological polar surface area (TPSA) is 15.3 Å². The van der Waals surface area contributed by atoms with E-state index in [2.05, 4.69) is 17.1 Å². The quantitative estimate of drug-likeness (QED) is 0.662. The van der Waals surface area contributed by atoms with Crippen molar-refractivity contribution in [2.24, 2.45) is 17.8 Å². The molecule has 0 heterocycles. The Morgan fingerprint density at radius 3 is 2.00 bits per heavy atom. The molecule has 3 aliphatic rings. The molecule has 0 spiro atoms. The summed E-state index contributed by atoms with van der Waals surface area (Å²) in [5.74, 6) is 3.10. The van der Waals surface area contributed by atoms with Crippen molar-refractivity contribution >= 4 is 0 Å². The zero-order valence-electron chi connectivity index (χ0n) is 11.3. The lowest BCUT2D eigenvalue weighted by Gasteiger charge is -2.28. The summed E-state index contributed by atoms with van der Waals surface area (Å²) in [4.78, 5) is 2.79. The highest BCUT2D eigenvalue weighted by Crippen LogP contribution is 2.36. The fourth-order valence-electron chi connectivity index (χ4n) is 2.97. The molecule has 0 radical (unpaired) electrons. The van der Waals surface area contributed by atoms with Crippen LogP contribution in [0.4, 0.5) is 0 Å². The summed E-state index contributed by atoms with van der Waals surface area (Å²) in [6.07, 6.45) is 8.93. The van der Waals surface area contributed by atoms with Crippen LogP contribution < -0.4 is 5.32 Å². The molecule has 3 saturated carbocycles. The first-order valence-corrected chi connectivity index (χ1v) is 7.81. The van der Waals surface area contributed by atoms with Crippen molar-refractivity contribution in [2.75, 3.05) is 26.2 Å². The summed E-state index contributed by atoms with van der Waals surface area (Å²) in [6, 6.07) is 0.789. The maximum Gasteiger partial charge on any atom is 0.0223 e. The maximum atomic E-state index is 3.72. The average molecular weight is 236 g/mol. The van der Waals surface area contributed by atoms with E-state index in [1.807, 2.05) is 0 Å². The van der Waals surface area contributed by atoms with Gasteiger partial charge < -0.3 is 10.2 Å². The third-order valence-electron chi connectivity index (χ3n) is 4.54. The van der Waals surface area contributed by atoms with Crippen LogP contribution in [0.5, 0.6) is 0 Å². The smallest absolute Gasteiger partial charge is 0.0223 e. The highest BCUT2D eigenvalue weighted by atomic mass is 15.2. The second-order valence-corrected chi connectivity index (χ2v) is 6.61. The maximum absolute atomic E-state index is 3.72. The highest BCUT2D eigenvalue weighted by Gasteiger charge is 2.35. The summed E-state index contributed by atoms with van der Waals surface area (Å²) in [5.41, 5.74) is 0. The Morgan fingerprint density at radius 2 is 1.59 bits per heavy atom. The fourth-order valence-corrected chi connectivity index (χ4v) is 2.97. The Balaban J connectivity index is 1.48. The van der Waals surface area contributed by atoms with Gasteiger partial charge in [0.05, 0.1) is 0 Å². The molecule has 98 valence electrons. The van der Waals surface area contributed by atoms with Crippen molar-refractivity contribution < 1.29 is 0 Å². The van der Waals surface area contributed by atoms with Crippen molar-refractivity contribution in [3.8, 4) is 0 Å². The van der Waals surface area contributed by atoms with Gasteiger partial charge >= 0.3 is 0 Å². The van der Waals surface area contributed by atoms with Crippen LogP contribution in [-0.4, -0.2) is 37.1 Å². The summed E-state index contributed by atoms with van der Waals surface area (Å²) >= 11 is 0. The summed E-state index contributed by atoms with van der Waals surface area (Å²) < 4.78 is 0. The van der Waals surface area contributed by atoms with Gasteiger partial charge in [-0.25, -0.2) is 0 Å². The van der Waals surface area contributed by atoms with Crippen LogP contribution in [0.1, 0.15) is 45.4 Å². The minimum atomic E-state index is 0.789. The molecule has 17 heavy (non-hydrogen) atoms. The lowest BCUT2D eigenvalue weighted by atomic mass is 10.1. The number of nitrogens with one attached hydrogen (secondary N) is 1. The normalized spacial score (nSPS) is 26.5. The Morgan fingerprint density at radius 1 is 1.00 bits per heavy atom. The third-order valence-corrected chi connectivity index (χ3v) is 4.54. The van der Waals surface area contributed by atoms with Gasteiger partial charge in [-0.3, -0.25) is 0 Å². The first-order chi connectivity index (χ1) is 8.35. The van der Waals surface area contributed by atoms with Gasteiger partial charge in [-0.15, -0.1) is 0 Å². The van der Waals surface area contributed by atoms with Crippen molar-refractivity contribution in [1.29, 1.82) is 0 Å². The van der Waals surface area contributed by atoms with Crippen molar-refractivity contribution in [3.63, 3.8) is 0 Å². The zero-order valence-corrected chi connectivity index (χ0v) is 11.3. The molecule has 3 fully saturated rings. The van der Waals surface area contributed by atoms with Gasteiger partial charge in [-0.1, -0.05) is 6.92 Å². The molecule has 3 rings (SSSR count). The van der Waals surface area contributed by atoms with Crippen molar-refractivity contribution in [1.82, 2.24) is 10.2 Å². The molecule has 2 heteroatoms. The van der Waals surface area contributed by atoms with E-state index in [4.69, 9.17) is 0 Å². The fraction of sp³-hybridized carbons (Fsp3) is 1.00. The standard InChI is InChI=1S/C15H28N2/c1-2-16-15(14-7-8-14)11-17(9-12-3-4-12)10-13-5-6-13/h12-16H,2-11H2,1H3. The molecule has 0 aromatic rings. The summed E-state index contributed by atoms with van der Waals surface area (Å²) in [5, 5.41) is 3.72. The number of nitrogens with zero attached hydrogens (tertiary/aromatic N) is 1. The number of hydrogen-bond donors (Lipinski definition) is 1. The zero-order chi connectivity index (χ0) is 11.7. The van der Waals surface area contributed by atoms with E-state index in [0.29, 0.717) is 0 Å². The molecule has 0 aromatic carbocycles. The van der Waals surface area contributed by atoms with Gasteiger partial charge in [-0.2, -0.15) is 0 Å². The van der Waals surface area contributed by atoms with Gasteiger partial charge in [-0.05, 0) is 62.8 Å².